The number of hydrogen-bond donors (Lipinski definition) is 1. The van der Waals surface area contributed by atoms with Crippen molar-refractivity contribution in [3.05, 3.63) is 0 Å². The average Bonchev–Trinajstić information content (AvgIpc) is 2.76. The average molecular weight is 382 g/mol. The topological polar surface area (TPSA) is 152 Å². The summed E-state index contributed by atoms with van der Waals surface area (Å²) in [6, 6.07) is 0. The fourth-order valence-electron chi connectivity index (χ4n) is 1.75. The van der Waals surface area contributed by atoms with Gasteiger partial charge in [-0.2, -0.15) is 0 Å². The van der Waals surface area contributed by atoms with Gasteiger partial charge >= 0.3 is 29.8 Å². The molecular formula is C15H22O11. The lowest BCUT2D eigenvalue weighted by molar-refractivity contribution is -0.202. The third kappa shape index (κ3) is 8.42. The van der Waals surface area contributed by atoms with Crippen molar-refractivity contribution in [2.75, 3.05) is 13.7 Å². The van der Waals surface area contributed by atoms with Gasteiger partial charge in [-0.3, -0.25) is 19.2 Å². The molecule has 0 aliphatic heterocycles. The van der Waals surface area contributed by atoms with Crippen molar-refractivity contribution in [1.82, 2.24) is 0 Å². The van der Waals surface area contributed by atoms with Crippen LogP contribution in [0.2, 0.25) is 0 Å². The Kier molecular flexibility index (Phi) is 7.11. The summed E-state index contributed by atoms with van der Waals surface area (Å²) in [5, 5.41) is 10.3. The summed E-state index contributed by atoms with van der Waals surface area (Å²) in [5.74, 6) is -6.18. The molecule has 0 spiro atoms. The second-order valence-corrected chi connectivity index (χ2v) is 4.59. The van der Waals surface area contributed by atoms with Gasteiger partial charge in [-0.1, -0.05) is 0 Å². The SMILES string of the molecule is [2H]CC(=O)OC[C@@H](O)[C@@H](OC(=O)C[2H])[C@H](OC(=O)C[2H])[C@@H](OC(=O)C[2H])C(=O)OC. The lowest BCUT2D eigenvalue weighted by atomic mass is 10.0. The maximum Gasteiger partial charge on any atom is 0.351 e. The molecule has 0 bridgehead atoms. The van der Waals surface area contributed by atoms with E-state index in [-0.39, 0.29) is 0 Å². The summed E-state index contributed by atoms with van der Waals surface area (Å²) in [7, 11) is 0.879. The van der Waals surface area contributed by atoms with Crippen LogP contribution in [0.5, 0.6) is 0 Å². The zero-order valence-corrected chi connectivity index (χ0v) is 13.9. The monoisotopic (exact) mass is 382 g/mol. The number of esters is 5. The maximum absolute atomic E-state index is 12.1. The van der Waals surface area contributed by atoms with Crippen molar-refractivity contribution in [2.45, 2.75) is 52.0 Å². The van der Waals surface area contributed by atoms with Crippen molar-refractivity contribution in [3.8, 4) is 0 Å². The molecule has 0 saturated carbocycles. The molecule has 0 aromatic rings. The third-order valence-electron chi connectivity index (χ3n) is 2.64. The summed E-state index contributed by atoms with van der Waals surface area (Å²) in [6.07, 6.45) is -8.19. The molecule has 0 radical (unpaired) electrons. The van der Waals surface area contributed by atoms with E-state index >= 15 is 0 Å². The highest BCUT2D eigenvalue weighted by molar-refractivity contribution is 5.80. The summed E-state index contributed by atoms with van der Waals surface area (Å²) in [6.45, 7) is -4.56. The molecule has 0 aromatic carbocycles. The lowest BCUT2D eigenvalue weighted by Crippen LogP contribution is -2.54. The molecule has 0 aromatic heterocycles. The number of hydrogen-bond acceptors (Lipinski definition) is 11. The van der Waals surface area contributed by atoms with Crippen molar-refractivity contribution < 1.29 is 58.2 Å². The number of rotatable bonds is 9. The van der Waals surface area contributed by atoms with E-state index in [2.05, 4.69) is 9.47 Å². The van der Waals surface area contributed by atoms with E-state index in [1.54, 1.807) is 0 Å². The smallest absolute Gasteiger partial charge is 0.351 e. The highest BCUT2D eigenvalue weighted by atomic mass is 16.6. The molecule has 1 N–H and O–H groups in total. The second-order valence-electron chi connectivity index (χ2n) is 4.59. The Morgan fingerprint density at radius 1 is 0.846 bits per heavy atom. The van der Waals surface area contributed by atoms with Gasteiger partial charge in [0, 0.05) is 33.1 Å². The molecule has 0 heterocycles. The van der Waals surface area contributed by atoms with Crippen molar-refractivity contribution in [1.29, 1.82) is 0 Å². The van der Waals surface area contributed by atoms with Crippen LogP contribution in [0.15, 0.2) is 0 Å². The summed E-state index contributed by atoms with van der Waals surface area (Å²) in [5.41, 5.74) is 0. The maximum atomic E-state index is 12.1. The zero-order chi connectivity index (χ0) is 23.3. The van der Waals surface area contributed by atoms with Gasteiger partial charge in [0.1, 0.15) is 12.7 Å². The minimum Gasteiger partial charge on any atom is -0.466 e. The molecular weight excluding hydrogens is 356 g/mol. The molecule has 0 rings (SSSR count). The fourth-order valence-corrected chi connectivity index (χ4v) is 1.75. The number of methoxy groups -OCH3 is 1. The predicted molar refractivity (Wildman–Crippen MR) is 81.3 cm³/mol. The van der Waals surface area contributed by atoms with Crippen molar-refractivity contribution in [2.24, 2.45) is 0 Å². The van der Waals surface area contributed by atoms with E-state index in [4.69, 9.17) is 19.7 Å². The molecule has 0 aliphatic carbocycles. The number of carbonyl (C=O) groups excluding carboxylic acids is 5. The number of carbonyl (C=O) groups is 5. The van der Waals surface area contributed by atoms with Crippen LogP contribution in [0.1, 0.15) is 33.1 Å². The van der Waals surface area contributed by atoms with E-state index in [1.165, 1.54) is 0 Å². The highest BCUT2D eigenvalue weighted by Gasteiger charge is 2.45. The Bertz CT molecular complexity index is 615. The van der Waals surface area contributed by atoms with Crippen LogP contribution in [0.3, 0.4) is 0 Å². The first-order chi connectivity index (χ1) is 14.1. The van der Waals surface area contributed by atoms with Crippen LogP contribution in [-0.2, 0) is 47.7 Å². The van der Waals surface area contributed by atoms with Crippen LogP contribution in [0.25, 0.3) is 0 Å². The number of aliphatic hydroxyl groups is 1. The summed E-state index contributed by atoms with van der Waals surface area (Å²) < 4.78 is 51.3. The van der Waals surface area contributed by atoms with Crippen LogP contribution < -0.4 is 0 Å². The lowest BCUT2D eigenvalue weighted by Gasteiger charge is -2.32. The summed E-state index contributed by atoms with van der Waals surface area (Å²) >= 11 is 0. The third-order valence-corrected chi connectivity index (χ3v) is 2.64. The first kappa shape index (κ1) is 16.8. The minimum atomic E-state index is -2.13. The Morgan fingerprint density at radius 3 is 1.85 bits per heavy atom. The molecule has 4 atom stereocenters. The van der Waals surface area contributed by atoms with Gasteiger partial charge in [-0.05, 0) is 0 Å². The van der Waals surface area contributed by atoms with E-state index < -0.39 is 88.5 Å². The standard InChI is InChI=1S/C15H22O11/c1-7(16)23-6-11(20)12(24-8(2)17)13(25-9(3)18)14(15(21)22-5)26-10(4)19/h11-14,20H,6H2,1-5H3/t11-,12-,13+,14-/m1/s1/i1D,2D,3D,4D. The first-order valence-electron chi connectivity index (χ1n) is 9.64. The highest BCUT2D eigenvalue weighted by Crippen LogP contribution is 2.19. The van der Waals surface area contributed by atoms with Crippen LogP contribution in [0, 0.1) is 0 Å². The first-order valence-corrected chi connectivity index (χ1v) is 6.81. The van der Waals surface area contributed by atoms with Gasteiger partial charge in [-0.25, -0.2) is 4.79 Å². The molecule has 0 amide bonds. The summed E-state index contributed by atoms with van der Waals surface area (Å²) in [4.78, 5) is 58.1. The number of ether oxygens (including phenoxy) is 5. The van der Waals surface area contributed by atoms with Crippen molar-refractivity contribution >= 4 is 29.8 Å². The fraction of sp³-hybridized carbons (Fsp3) is 0.667. The Balaban J connectivity index is 6.09. The van der Waals surface area contributed by atoms with Gasteiger partial charge in [0.25, 0.3) is 0 Å². The van der Waals surface area contributed by atoms with Crippen LogP contribution >= 0.6 is 0 Å². The molecule has 0 unspecified atom stereocenters. The van der Waals surface area contributed by atoms with E-state index in [0.29, 0.717) is 0 Å². The van der Waals surface area contributed by atoms with E-state index in [9.17, 15) is 29.1 Å². The van der Waals surface area contributed by atoms with Crippen LogP contribution in [-0.4, -0.2) is 73.1 Å². The Morgan fingerprint density at radius 2 is 1.35 bits per heavy atom. The molecule has 11 nitrogen and oxygen atoms in total. The van der Waals surface area contributed by atoms with Gasteiger partial charge < -0.3 is 28.8 Å². The number of aliphatic hydroxyl groups excluding tert-OH is 1. The van der Waals surface area contributed by atoms with Gasteiger partial charge in [0.15, 0.2) is 12.2 Å². The molecule has 26 heavy (non-hydrogen) atoms. The zero-order valence-electron chi connectivity index (χ0n) is 17.9. The van der Waals surface area contributed by atoms with Gasteiger partial charge in [-0.15, -0.1) is 0 Å². The van der Waals surface area contributed by atoms with E-state index in [1.807, 2.05) is 0 Å². The van der Waals surface area contributed by atoms with Gasteiger partial charge in [0.2, 0.25) is 6.10 Å². The molecule has 0 aliphatic rings. The quantitative estimate of drug-likeness (QED) is 0.381. The Hall–Kier alpha value is -2.69. The Labute approximate surface area is 155 Å². The normalized spacial score (nSPS) is 16.8. The molecule has 148 valence electrons. The molecule has 0 saturated heterocycles. The second kappa shape index (κ2) is 11.0. The molecule has 11 heteroatoms. The minimum absolute atomic E-state index is 0.799. The largest absolute Gasteiger partial charge is 0.466 e. The van der Waals surface area contributed by atoms with Gasteiger partial charge in [0.05, 0.1) is 7.11 Å². The molecule has 0 fully saturated rings. The van der Waals surface area contributed by atoms with E-state index in [0.717, 1.165) is 7.11 Å². The van der Waals surface area contributed by atoms with Crippen LogP contribution in [0.4, 0.5) is 0 Å². The van der Waals surface area contributed by atoms with Crippen molar-refractivity contribution in [3.63, 3.8) is 0 Å². The predicted octanol–water partition coefficient (Wildman–Crippen LogP) is -1.12.